The summed E-state index contributed by atoms with van der Waals surface area (Å²) in [5.74, 6) is -0.275. The molecule has 0 aliphatic carbocycles. The molecule has 5 nitrogen and oxygen atoms in total. The van der Waals surface area contributed by atoms with E-state index in [4.69, 9.17) is 9.47 Å². The van der Waals surface area contributed by atoms with Gasteiger partial charge < -0.3 is 14.8 Å². The molecule has 6 heteroatoms. The first-order valence-corrected chi connectivity index (χ1v) is 9.66. The lowest BCUT2D eigenvalue weighted by Gasteiger charge is -2.40. The van der Waals surface area contributed by atoms with Crippen LogP contribution in [0.4, 0.5) is 4.39 Å². The molecule has 26 heavy (non-hydrogen) atoms. The largest absolute Gasteiger partial charge is 0.496 e. The summed E-state index contributed by atoms with van der Waals surface area (Å²) >= 11 is 0. The standard InChI is InChI=1S/C20H27FN2O3/c1-25-19-7-4-13(21)9-18(19)20(24)22-14-10-15-5-6-16(11-14)23(15)12-17-3-2-8-26-17/h4,7,9,14-17H,2-3,5-6,8,10-12H2,1H3,(H,22,24)/t14?,15-,16+,17?. The molecule has 3 saturated heterocycles. The van der Waals surface area contributed by atoms with Crippen molar-refractivity contribution in [2.75, 3.05) is 20.3 Å². The van der Waals surface area contributed by atoms with Gasteiger partial charge in [0.2, 0.25) is 0 Å². The summed E-state index contributed by atoms with van der Waals surface area (Å²) in [4.78, 5) is 15.2. The minimum absolute atomic E-state index is 0.133. The second-order valence-electron chi connectivity index (χ2n) is 7.70. The van der Waals surface area contributed by atoms with Crippen molar-refractivity contribution >= 4 is 5.91 Å². The summed E-state index contributed by atoms with van der Waals surface area (Å²) in [6.07, 6.45) is 6.98. The van der Waals surface area contributed by atoms with E-state index in [0.29, 0.717) is 23.9 Å². The van der Waals surface area contributed by atoms with Gasteiger partial charge >= 0.3 is 0 Å². The molecule has 3 heterocycles. The molecule has 1 aromatic carbocycles. The van der Waals surface area contributed by atoms with Crippen molar-refractivity contribution in [3.8, 4) is 5.75 Å². The third kappa shape index (κ3) is 3.58. The Morgan fingerprint density at radius 2 is 2.08 bits per heavy atom. The monoisotopic (exact) mass is 362 g/mol. The second-order valence-corrected chi connectivity index (χ2v) is 7.70. The molecule has 142 valence electrons. The third-order valence-electron chi connectivity index (χ3n) is 6.06. The van der Waals surface area contributed by atoms with Crippen LogP contribution in [0.2, 0.25) is 0 Å². The quantitative estimate of drug-likeness (QED) is 0.875. The average Bonchev–Trinajstić information content (AvgIpc) is 3.22. The Bertz CT molecular complexity index is 648. The van der Waals surface area contributed by atoms with Gasteiger partial charge in [0.1, 0.15) is 11.6 Å². The Morgan fingerprint density at radius 3 is 2.73 bits per heavy atom. The number of nitrogens with one attached hydrogen (secondary N) is 1. The van der Waals surface area contributed by atoms with E-state index in [0.717, 1.165) is 32.4 Å². The molecule has 0 radical (unpaired) electrons. The van der Waals surface area contributed by atoms with E-state index in [1.165, 1.54) is 44.6 Å². The average molecular weight is 362 g/mol. The van der Waals surface area contributed by atoms with Crippen LogP contribution in [0.5, 0.6) is 5.75 Å². The van der Waals surface area contributed by atoms with Crippen LogP contribution in [0.15, 0.2) is 18.2 Å². The predicted molar refractivity (Wildman–Crippen MR) is 95.9 cm³/mol. The molecule has 0 aromatic heterocycles. The number of fused-ring (bicyclic) bond motifs is 2. The molecule has 2 bridgehead atoms. The van der Waals surface area contributed by atoms with Crippen molar-refractivity contribution in [1.82, 2.24) is 10.2 Å². The zero-order chi connectivity index (χ0) is 18.1. The predicted octanol–water partition coefficient (Wildman–Crippen LogP) is 2.74. The number of piperidine rings is 1. The van der Waals surface area contributed by atoms with Crippen LogP contribution in [-0.4, -0.2) is 55.3 Å². The van der Waals surface area contributed by atoms with E-state index in [9.17, 15) is 9.18 Å². The highest BCUT2D eigenvalue weighted by Crippen LogP contribution is 2.37. The van der Waals surface area contributed by atoms with E-state index in [1.807, 2.05) is 0 Å². The van der Waals surface area contributed by atoms with Gasteiger partial charge in [0.15, 0.2) is 0 Å². The first kappa shape index (κ1) is 17.7. The van der Waals surface area contributed by atoms with Crippen molar-refractivity contribution in [2.45, 2.75) is 62.8 Å². The van der Waals surface area contributed by atoms with Gasteiger partial charge in [0.05, 0.1) is 18.8 Å². The fourth-order valence-electron chi connectivity index (χ4n) is 4.83. The van der Waals surface area contributed by atoms with E-state index < -0.39 is 5.82 Å². The Kier molecular flexibility index (Phi) is 5.14. The fourth-order valence-corrected chi connectivity index (χ4v) is 4.83. The van der Waals surface area contributed by atoms with Gasteiger partial charge in [-0.25, -0.2) is 4.39 Å². The number of hydrogen-bond donors (Lipinski definition) is 1. The highest BCUT2D eigenvalue weighted by atomic mass is 19.1. The van der Waals surface area contributed by atoms with Gasteiger partial charge in [-0.2, -0.15) is 0 Å². The number of amides is 1. The zero-order valence-electron chi connectivity index (χ0n) is 15.2. The summed E-state index contributed by atoms with van der Waals surface area (Å²) in [6, 6.07) is 5.21. The van der Waals surface area contributed by atoms with Gasteiger partial charge in [-0.05, 0) is 56.7 Å². The molecule has 2 unspecified atom stereocenters. The lowest BCUT2D eigenvalue weighted by atomic mass is 9.96. The first-order valence-electron chi connectivity index (χ1n) is 9.66. The summed E-state index contributed by atoms with van der Waals surface area (Å²) in [7, 11) is 1.49. The summed E-state index contributed by atoms with van der Waals surface area (Å²) in [6.45, 7) is 1.91. The number of halogens is 1. The molecule has 3 fully saturated rings. The van der Waals surface area contributed by atoms with E-state index in [1.54, 1.807) is 0 Å². The lowest BCUT2D eigenvalue weighted by Crippen LogP contribution is -2.52. The number of carbonyl (C=O) groups excluding carboxylic acids is 1. The van der Waals surface area contributed by atoms with Gasteiger partial charge in [0, 0.05) is 31.3 Å². The number of nitrogens with zero attached hydrogens (tertiary/aromatic N) is 1. The Hall–Kier alpha value is -1.66. The molecule has 3 aliphatic heterocycles. The van der Waals surface area contributed by atoms with E-state index in [2.05, 4.69) is 10.2 Å². The van der Waals surface area contributed by atoms with Crippen molar-refractivity contribution in [3.63, 3.8) is 0 Å². The maximum atomic E-state index is 13.5. The number of methoxy groups -OCH3 is 1. The van der Waals surface area contributed by atoms with Crippen molar-refractivity contribution in [3.05, 3.63) is 29.6 Å². The highest BCUT2D eigenvalue weighted by molar-refractivity contribution is 5.97. The summed E-state index contributed by atoms with van der Waals surface area (Å²) in [5.41, 5.74) is 0.265. The van der Waals surface area contributed by atoms with Crippen LogP contribution in [0.3, 0.4) is 0 Å². The molecule has 1 aromatic rings. The number of hydrogen-bond acceptors (Lipinski definition) is 4. The third-order valence-corrected chi connectivity index (χ3v) is 6.06. The van der Waals surface area contributed by atoms with Crippen LogP contribution >= 0.6 is 0 Å². The van der Waals surface area contributed by atoms with Crippen molar-refractivity contribution < 1.29 is 18.7 Å². The smallest absolute Gasteiger partial charge is 0.255 e. The minimum atomic E-state index is -0.428. The maximum absolute atomic E-state index is 13.5. The molecule has 4 rings (SSSR count). The van der Waals surface area contributed by atoms with Crippen molar-refractivity contribution in [1.29, 1.82) is 0 Å². The minimum Gasteiger partial charge on any atom is -0.496 e. The van der Waals surface area contributed by atoms with Gasteiger partial charge in [0.25, 0.3) is 5.91 Å². The summed E-state index contributed by atoms with van der Waals surface area (Å²) < 4.78 is 24.6. The Balaban J connectivity index is 1.38. The van der Waals surface area contributed by atoms with Gasteiger partial charge in [-0.15, -0.1) is 0 Å². The molecule has 4 atom stereocenters. The number of carbonyl (C=O) groups is 1. The van der Waals surface area contributed by atoms with Gasteiger partial charge in [-0.3, -0.25) is 9.69 Å². The van der Waals surface area contributed by atoms with E-state index >= 15 is 0 Å². The fraction of sp³-hybridized carbons (Fsp3) is 0.650. The molecule has 1 amide bonds. The van der Waals surface area contributed by atoms with Crippen LogP contribution in [0.1, 0.15) is 48.9 Å². The van der Waals surface area contributed by atoms with E-state index in [-0.39, 0.29) is 17.5 Å². The van der Waals surface area contributed by atoms with Crippen LogP contribution in [0.25, 0.3) is 0 Å². The molecule has 1 N–H and O–H groups in total. The number of ether oxygens (including phenoxy) is 2. The Labute approximate surface area is 153 Å². The molecule has 0 saturated carbocycles. The van der Waals surface area contributed by atoms with Crippen LogP contribution in [0, 0.1) is 5.82 Å². The summed E-state index contributed by atoms with van der Waals surface area (Å²) in [5, 5.41) is 3.11. The molecular formula is C20H27FN2O3. The van der Waals surface area contributed by atoms with Crippen LogP contribution < -0.4 is 10.1 Å². The molecule has 3 aliphatic rings. The topological polar surface area (TPSA) is 50.8 Å². The second kappa shape index (κ2) is 7.53. The first-order chi connectivity index (χ1) is 12.6. The number of rotatable bonds is 5. The SMILES string of the molecule is COc1ccc(F)cc1C(=O)NC1C[C@H]2CC[C@@H](C1)N2CC1CCCO1. The molecule has 0 spiro atoms. The van der Waals surface area contributed by atoms with Crippen molar-refractivity contribution in [2.24, 2.45) is 0 Å². The lowest BCUT2D eigenvalue weighted by molar-refractivity contribution is 0.0332. The highest BCUT2D eigenvalue weighted by Gasteiger charge is 2.42. The maximum Gasteiger partial charge on any atom is 0.255 e. The zero-order valence-corrected chi connectivity index (χ0v) is 15.2. The van der Waals surface area contributed by atoms with Gasteiger partial charge in [-0.1, -0.05) is 0 Å². The van der Waals surface area contributed by atoms with Crippen LogP contribution in [-0.2, 0) is 4.74 Å². The Morgan fingerprint density at radius 1 is 1.31 bits per heavy atom. The molecular weight excluding hydrogens is 335 g/mol. The normalized spacial score (nSPS) is 31.2. The number of benzene rings is 1.